The molecule has 0 spiro atoms. The number of nitrogen functional groups attached to an aromatic ring is 1. The second-order valence-electron chi connectivity index (χ2n) is 6.58. The van der Waals surface area contributed by atoms with Gasteiger partial charge in [0.25, 0.3) is 0 Å². The molecule has 28 heavy (non-hydrogen) atoms. The molecule has 0 fully saturated rings. The number of H-pyrrole nitrogens is 2. The maximum Gasteiger partial charge on any atom is 0.152 e. The predicted molar refractivity (Wildman–Crippen MR) is 113 cm³/mol. The number of benzene rings is 1. The number of nitrogens with two attached hydrogens (primary N) is 1. The van der Waals surface area contributed by atoms with E-state index in [9.17, 15) is 4.55 Å². The molecular weight excluding hydrogens is 374 g/mol. The fraction of sp³-hybridized carbons (Fsp3) is 0.316. The number of nitrogens with one attached hydrogen (secondary N) is 2. The van der Waals surface area contributed by atoms with Crippen LogP contribution in [0.15, 0.2) is 30.5 Å². The van der Waals surface area contributed by atoms with Crippen molar-refractivity contribution in [1.29, 1.82) is 0 Å². The van der Waals surface area contributed by atoms with Gasteiger partial charge < -0.3 is 15.3 Å². The van der Waals surface area contributed by atoms with Crippen molar-refractivity contribution >= 4 is 39.1 Å². The fourth-order valence-electron chi connectivity index (χ4n) is 3.27. The normalized spacial score (nSPS) is 13.0. The second-order valence-corrected chi connectivity index (χ2v) is 8.14. The summed E-state index contributed by atoms with van der Waals surface area (Å²) in [6.07, 6.45) is 2.66. The van der Waals surface area contributed by atoms with Gasteiger partial charge in [-0.3, -0.25) is 5.10 Å². The predicted octanol–water partition coefficient (Wildman–Crippen LogP) is 2.98. The van der Waals surface area contributed by atoms with E-state index >= 15 is 0 Å². The molecule has 1 unspecified atom stereocenters. The van der Waals surface area contributed by atoms with Gasteiger partial charge >= 0.3 is 0 Å². The maximum absolute atomic E-state index is 12.4. The van der Waals surface area contributed by atoms with Crippen molar-refractivity contribution in [1.82, 2.24) is 29.5 Å². The third kappa shape index (κ3) is 3.44. The Morgan fingerprint density at radius 3 is 2.79 bits per heavy atom. The lowest BCUT2D eigenvalue weighted by Gasteiger charge is -2.21. The van der Waals surface area contributed by atoms with Gasteiger partial charge in [-0.25, -0.2) is 9.97 Å². The first-order chi connectivity index (χ1) is 13.6. The minimum atomic E-state index is -1.02. The number of rotatable bonds is 7. The highest BCUT2D eigenvalue weighted by Crippen LogP contribution is 2.29. The number of imidazole rings is 1. The molecule has 0 bridgehead atoms. The topological polar surface area (TPSA) is 123 Å². The number of hydrogen-bond acceptors (Lipinski definition) is 6. The van der Waals surface area contributed by atoms with Crippen LogP contribution in [0.25, 0.3) is 33.2 Å². The number of hydrogen-bond donors (Lipinski definition) is 3. The van der Waals surface area contributed by atoms with Crippen LogP contribution in [-0.4, -0.2) is 46.3 Å². The van der Waals surface area contributed by atoms with Crippen molar-refractivity contribution in [3.05, 3.63) is 36.3 Å². The zero-order valence-electron chi connectivity index (χ0n) is 15.9. The van der Waals surface area contributed by atoms with Crippen molar-refractivity contribution in [3.63, 3.8) is 0 Å². The number of nitrogens with zero attached hydrogens (tertiary/aromatic N) is 4. The van der Waals surface area contributed by atoms with Crippen LogP contribution in [0.1, 0.15) is 26.1 Å². The Morgan fingerprint density at radius 2 is 2.07 bits per heavy atom. The minimum absolute atomic E-state index is 0.377. The fourth-order valence-corrected chi connectivity index (χ4v) is 4.44. The monoisotopic (exact) mass is 397 g/mol. The Labute approximate surface area is 165 Å². The molecule has 3 heterocycles. The summed E-state index contributed by atoms with van der Waals surface area (Å²) < 4.78 is 14.3. The molecule has 0 aliphatic heterocycles. The van der Waals surface area contributed by atoms with E-state index in [2.05, 4.69) is 25.1 Å². The molecule has 9 heteroatoms. The number of anilines is 1. The molecular formula is C19H23N7OS. The van der Waals surface area contributed by atoms with Crippen molar-refractivity contribution in [2.45, 2.75) is 26.8 Å². The van der Waals surface area contributed by atoms with E-state index in [1.54, 1.807) is 6.20 Å². The number of pyridine rings is 1. The summed E-state index contributed by atoms with van der Waals surface area (Å²) in [5, 5.41) is 7.98. The molecule has 0 aliphatic rings. The van der Waals surface area contributed by atoms with Gasteiger partial charge in [0.15, 0.2) is 5.82 Å². The lowest BCUT2D eigenvalue weighted by molar-refractivity contribution is 0.415. The quantitative estimate of drug-likeness (QED) is 0.412. The van der Waals surface area contributed by atoms with Crippen LogP contribution in [0, 0.1) is 0 Å². The Kier molecular flexibility index (Phi) is 5.21. The van der Waals surface area contributed by atoms with Gasteiger partial charge in [-0.05, 0) is 31.5 Å². The van der Waals surface area contributed by atoms with Gasteiger partial charge in [0, 0.05) is 35.1 Å². The van der Waals surface area contributed by atoms with Crippen LogP contribution in [0.2, 0.25) is 0 Å². The van der Waals surface area contributed by atoms with Gasteiger partial charge in [0.2, 0.25) is 0 Å². The number of aromatic amines is 2. The van der Waals surface area contributed by atoms with Crippen LogP contribution in [0.4, 0.5) is 5.82 Å². The summed E-state index contributed by atoms with van der Waals surface area (Å²) in [5.74, 6) is 1.76. The number of fused-ring (bicyclic) bond motifs is 3. The Bertz CT molecular complexity index is 1090. The molecule has 4 N–H and O–H groups in total. The third-order valence-corrected chi connectivity index (χ3v) is 6.37. The van der Waals surface area contributed by atoms with Crippen LogP contribution in [-0.2, 0) is 17.9 Å². The molecule has 1 atom stereocenters. The molecule has 0 saturated carbocycles. The van der Waals surface area contributed by atoms with E-state index in [4.69, 9.17) is 5.73 Å². The van der Waals surface area contributed by atoms with Gasteiger partial charge in [-0.15, -0.1) is 4.31 Å². The lowest BCUT2D eigenvalue weighted by Crippen LogP contribution is -2.32. The summed E-state index contributed by atoms with van der Waals surface area (Å²) in [6.45, 7) is 5.19. The Morgan fingerprint density at radius 1 is 1.21 bits per heavy atom. The largest absolute Gasteiger partial charge is 0.598 e. The molecule has 146 valence electrons. The highest BCUT2D eigenvalue weighted by Gasteiger charge is 2.20. The molecule has 4 aromatic rings. The standard InChI is InChI=1S/C19H23N7OS/c1-3-9-28(27)26(4-2)11-16-23-17-13-6-5-12(14-7-8-21-25-14)10-15(13)22-19(20)18(17)24-16/h5-8,10H,3-4,9,11H2,1-2H3,(H2,20,22)(H,21,25)(H,23,24). The molecule has 4 rings (SSSR count). The zero-order valence-corrected chi connectivity index (χ0v) is 16.7. The molecule has 0 saturated heterocycles. The molecule has 0 radical (unpaired) electrons. The Balaban J connectivity index is 1.74. The van der Waals surface area contributed by atoms with E-state index in [1.165, 1.54) is 0 Å². The summed E-state index contributed by atoms with van der Waals surface area (Å²) in [7, 11) is 0. The first-order valence-corrected chi connectivity index (χ1v) is 10.6. The maximum atomic E-state index is 12.4. The number of aromatic nitrogens is 5. The van der Waals surface area contributed by atoms with E-state index in [1.807, 2.05) is 42.4 Å². The summed E-state index contributed by atoms with van der Waals surface area (Å²) in [6, 6.07) is 7.89. The average molecular weight is 398 g/mol. The SMILES string of the molecule is CCC[S+]([O-])N(CC)Cc1nc2c(N)nc3cc(-c4cc[nH]n4)ccc3c2[nH]1. The average Bonchev–Trinajstić information content (AvgIpc) is 3.36. The van der Waals surface area contributed by atoms with Crippen molar-refractivity contribution in [2.75, 3.05) is 18.0 Å². The smallest absolute Gasteiger partial charge is 0.152 e. The highest BCUT2D eigenvalue weighted by atomic mass is 32.2. The Hall–Kier alpha value is -2.62. The van der Waals surface area contributed by atoms with Crippen LogP contribution >= 0.6 is 0 Å². The third-order valence-electron chi connectivity index (χ3n) is 4.65. The lowest BCUT2D eigenvalue weighted by atomic mass is 10.1. The van der Waals surface area contributed by atoms with Crippen LogP contribution in [0.3, 0.4) is 0 Å². The molecule has 0 amide bonds. The molecule has 1 aromatic carbocycles. The summed E-state index contributed by atoms with van der Waals surface area (Å²) >= 11 is -1.02. The zero-order chi connectivity index (χ0) is 19.7. The van der Waals surface area contributed by atoms with Crippen LogP contribution in [0.5, 0.6) is 0 Å². The molecule has 8 nitrogen and oxygen atoms in total. The first-order valence-electron chi connectivity index (χ1n) is 9.32. The van der Waals surface area contributed by atoms with E-state index < -0.39 is 11.4 Å². The van der Waals surface area contributed by atoms with Gasteiger partial charge in [-0.2, -0.15) is 5.10 Å². The van der Waals surface area contributed by atoms with Gasteiger partial charge in [0.05, 0.1) is 16.7 Å². The van der Waals surface area contributed by atoms with Crippen molar-refractivity contribution < 1.29 is 4.55 Å². The second kappa shape index (κ2) is 7.78. The van der Waals surface area contributed by atoms with E-state index in [-0.39, 0.29) is 0 Å². The van der Waals surface area contributed by atoms with E-state index in [0.29, 0.717) is 30.2 Å². The summed E-state index contributed by atoms with van der Waals surface area (Å²) in [4.78, 5) is 12.5. The molecule has 3 aromatic heterocycles. The first kappa shape index (κ1) is 18.7. The highest BCUT2D eigenvalue weighted by molar-refractivity contribution is 7.89. The minimum Gasteiger partial charge on any atom is -0.598 e. The van der Waals surface area contributed by atoms with Gasteiger partial charge in [0.1, 0.15) is 23.6 Å². The van der Waals surface area contributed by atoms with E-state index in [0.717, 1.165) is 39.9 Å². The summed E-state index contributed by atoms with van der Waals surface area (Å²) in [5.41, 5.74) is 10.3. The molecule has 0 aliphatic carbocycles. The van der Waals surface area contributed by atoms with Crippen molar-refractivity contribution in [2.24, 2.45) is 0 Å². The van der Waals surface area contributed by atoms with Crippen LogP contribution < -0.4 is 5.73 Å². The van der Waals surface area contributed by atoms with Gasteiger partial charge in [-0.1, -0.05) is 13.0 Å². The van der Waals surface area contributed by atoms with Crippen molar-refractivity contribution in [3.8, 4) is 11.3 Å².